The molecule has 21 heavy (non-hydrogen) atoms. The summed E-state index contributed by atoms with van der Waals surface area (Å²) in [4.78, 5) is 21.1. The maximum Gasteiger partial charge on any atom is 0.273 e. The smallest absolute Gasteiger partial charge is 0.273 e. The van der Waals surface area contributed by atoms with Gasteiger partial charge in [-0.2, -0.15) is 5.26 Å². The highest BCUT2D eigenvalue weighted by Gasteiger charge is 2.11. The van der Waals surface area contributed by atoms with Gasteiger partial charge < -0.3 is 4.74 Å². The van der Waals surface area contributed by atoms with Crippen molar-refractivity contribution >= 4 is 12.0 Å². The summed E-state index contributed by atoms with van der Waals surface area (Å²) in [5, 5.41) is 19.6. The van der Waals surface area contributed by atoms with Gasteiger partial charge in [-0.15, -0.1) is 0 Å². The number of nitro groups is 1. The Morgan fingerprint density at radius 3 is 2.76 bits per heavy atom. The van der Waals surface area contributed by atoms with Gasteiger partial charge in [0.05, 0.1) is 28.2 Å². The van der Waals surface area contributed by atoms with Gasteiger partial charge in [-0.25, -0.2) is 0 Å². The molecule has 0 saturated heterocycles. The van der Waals surface area contributed by atoms with E-state index in [0.29, 0.717) is 11.8 Å². The molecule has 0 atom stereocenters. The fraction of sp³-hybridized carbons (Fsp3) is 0.0667. The number of carbonyl (C=O) groups excluding carboxylic acids is 1. The maximum absolute atomic E-state index is 10.9. The molecule has 0 saturated carbocycles. The number of rotatable bonds is 5. The molecule has 0 aliphatic carbocycles. The fourth-order valence-corrected chi connectivity index (χ4v) is 1.75. The number of benzene rings is 2. The average Bonchev–Trinajstić information content (AvgIpc) is 2.52. The Morgan fingerprint density at radius 2 is 2.10 bits per heavy atom. The number of aldehydes is 1. The number of nitrogens with zero attached hydrogens (tertiary/aromatic N) is 2. The van der Waals surface area contributed by atoms with Crippen LogP contribution in [0.3, 0.4) is 0 Å². The van der Waals surface area contributed by atoms with Crippen molar-refractivity contribution in [3.63, 3.8) is 0 Å². The minimum atomic E-state index is -0.558. The Kier molecular flexibility index (Phi) is 4.26. The number of non-ortho nitro benzene ring substituents is 1. The van der Waals surface area contributed by atoms with Crippen molar-refractivity contribution in [2.24, 2.45) is 0 Å². The Labute approximate surface area is 120 Å². The summed E-state index contributed by atoms with van der Waals surface area (Å²) < 4.78 is 5.46. The van der Waals surface area contributed by atoms with Crippen LogP contribution in [-0.4, -0.2) is 11.2 Å². The third-order valence-electron chi connectivity index (χ3n) is 2.79. The molecule has 104 valence electrons. The lowest BCUT2D eigenvalue weighted by Gasteiger charge is -2.08. The number of nitro benzene ring substituents is 1. The Bertz CT molecular complexity index is 735. The van der Waals surface area contributed by atoms with Crippen molar-refractivity contribution in [1.29, 1.82) is 5.26 Å². The Morgan fingerprint density at radius 1 is 1.29 bits per heavy atom. The minimum absolute atomic E-state index is 0.109. The van der Waals surface area contributed by atoms with Crippen molar-refractivity contribution in [1.82, 2.24) is 0 Å². The summed E-state index contributed by atoms with van der Waals surface area (Å²) in [7, 11) is 0. The molecule has 2 aromatic rings. The Balaban J connectivity index is 2.22. The summed E-state index contributed by atoms with van der Waals surface area (Å²) in [6.45, 7) is 0.109. The summed E-state index contributed by atoms with van der Waals surface area (Å²) in [6.07, 6.45) is 0.574. The largest absolute Gasteiger partial charge is 0.488 e. The van der Waals surface area contributed by atoms with E-state index in [0.717, 1.165) is 5.56 Å². The van der Waals surface area contributed by atoms with Crippen molar-refractivity contribution in [3.8, 4) is 11.8 Å². The molecule has 0 radical (unpaired) electrons. The molecule has 0 heterocycles. The first-order valence-electron chi connectivity index (χ1n) is 5.99. The van der Waals surface area contributed by atoms with Crippen LogP contribution in [0.4, 0.5) is 5.69 Å². The number of hydrogen-bond acceptors (Lipinski definition) is 5. The summed E-state index contributed by atoms with van der Waals surface area (Å²) in [6, 6.07) is 12.6. The number of carbonyl (C=O) groups is 1. The monoisotopic (exact) mass is 282 g/mol. The highest BCUT2D eigenvalue weighted by atomic mass is 16.6. The predicted molar refractivity (Wildman–Crippen MR) is 74.0 cm³/mol. The highest BCUT2D eigenvalue weighted by Crippen LogP contribution is 2.24. The number of hydrogen-bond donors (Lipinski definition) is 0. The van der Waals surface area contributed by atoms with Crippen molar-refractivity contribution in [2.45, 2.75) is 6.61 Å². The van der Waals surface area contributed by atoms with Crippen LogP contribution in [0.15, 0.2) is 42.5 Å². The summed E-state index contributed by atoms with van der Waals surface area (Å²) >= 11 is 0. The van der Waals surface area contributed by atoms with Crippen molar-refractivity contribution in [3.05, 3.63) is 69.3 Å². The SMILES string of the molecule is N#Cc1cccc(COc2cc([N+](=O)[O-])ccc2C=O)c1. The van der Waals surface area contributed by atoms with Gasteiger partial charge >= 0.3 is 0 Å². The van der Waals surface area contributed by atoms with E-state index in [2.05, 4.69) is 0 Å². The standard InChI is InChI=1S/C15H10N2O4/c16-8-11-2-1-3-12(6-11)10-21-15-7-14(17(19)20)5-4-13(15)9-18/h1-7,9H,10H2. The van der Waals surface area contributed by atoms with Gasteiger partial charge in [0.1, 0.15) is 12.4 Å². The van der Waals surface area contributed by atoms with Gasteiger partial charge in [0.25, 0.3) is 5.69 Å². The lowest BCUT2D eigenvalue weighted by Crippen LogP contribution is -2.00. The van der Waals surface area contributed by atoms with Crippen molar-refractivity contribution < 1.29 is 14.5 Å². The summed E-state index contributed by atoms with van der Waals surface area (Å²) in [5.74, 6) is 0.140. The normalized spacial score (nSPS) is 9.67. The molecule has 2 aromatic carbocycles. The van der Waals surface area contributed by atoms with E-state index in [4.69, 9.17) is 10.00 Å². The van der Waals surface area contributed by atoms with Gasteiger partial charge in [-0.3, -0.25) is 14.9 Å². The van der Waals surface area contributed by atoms with Crippen LogP contribution in [0.5, 0.6) is 5.75 Å². The van der Waals surface area contributed by atoms with E-state index in [1.807, 2.05) is 6.07 Å². The van der Waals surface area contributed by atoms with E-state index in [-0.39, 0.29) is 23.6 Å². The van der Waals surface area contributed by atoms with E-state index < -0.39 is 4.92 Å². The van der Waals surface area contributed by atoms with Crippen LogP contribution < -0.4 is 4.74 Å². The van der Waals surface area contributed by atoms with Crippen LogP contribution in [-0.2, 0) is 6.61 Å². The lowest BCUT2D eigenvalue weighted by atomic mass is 10.1. The minimum Gasteiger partial charge on any atom is -0.488 e. The molecule has 6 heteroatoms. The molecule has 2 rings (SSSR count). The molecule has 0 unspecified atom stereocenters. The third kappa shape index (κ3) is 3.42. The quantitative estimate of drug-likeness (QED) is 0.477. The van der Waals surface area contributed by atoms with Crippen LogP contribution >= 0.6 is 0 Å². The topological polar surface area (TPSA) is 93.2 Å². The van der Waals surface area contributed by atoms with Gasteiger partial charge in [-0.1, -0.05) is 12.1 Å². The van der Waals surface area contributed by atoms with Crippen molar-refractivity contribution in [2.75, 3.05) is 0 Å². The molecule has 0 spiro atoms. The second kappa shape index (κ2) is 6.30. The molecule has 0 aliphatic rings. The van der Waals surface area contributed by atoms with E-state index in [1.165, 1.54) is 18.2 Å². The van der Waals surface area contributed by atoms with Crippen LogP contribution in [0.2, 0.25) is 0 Å². The second-order valence-corrected chi connectivity index (χ2v) is 4.20. The molecular formula is C15H10N2O4. The number of ether oxygens (including phenoxy) is 1. The molecule has 0 amide bonds. The molecule has 0 bridgehead atoms. The van der Waals surface area contributed by atoms with Gasteiger partial charge in [0.15, 0.2) is 6.29 Å². The first-order chi connectivity index (χ1) is 10.1. The zero-order valence-electron chi connectivity index (χ0n) is 10.9. The zero-order chi connectivity index (χ0) is 15.2. The van der Waals surface area contributed by atoms with Gasteiger partial charge in [0, 0.05) is 6.07 Å². The first-order valence-corrected chi connectivity index (χ1v) is 5.99. The molecule has 0 fully saturated rings. The lowest BCUT2D eigenvalue weighted by molar-refractivity contribution is -0.384. The molecule has 0 N–H and O–H groups in total. The van der Waals surface area contributed by atoms with Crippen LogP contribution in [0.1, 0.15) is 21.5 Å². The molecular weight excluding hydrogens is 272 g/mol. The van der Waals surface area contributed by atoms with Gasteiger partial charge in [-0.05, 0) is 23.8 Å². The van der Waals surface area contributed by atoms with Crippen LogP contribution in [0.25, 0.3) is 0 Å². The van der Waals surface area contributed by atoms with Gasteiger partial charge in [0.2, 0.25) is 0 Å². The Hall–Kier alpha value is -3.20. The number of nitriles is 1. The zero-order valence-corrected chi connectivity index (χ0v) is 10.9. The van der Waals surface area contributed by atoms with E-state index >= 15 is 0 Å². The first kappa shape index (κ1) is 14.2. The summed E-state index contributed by atoms with van der Waals surface area (Å²) in [5.41, 5.74) is 1.31. The second-order valence-electron chi connectivity index (χ2n) is 4.20. The third-order valence-corrected chi connectivity index (χ3v) is 2.79. The average molecular weight is 282 g/mol. The van der Waals surface area contributed by atoms with E-state index in [1.54, 1.807) is 24.3 Å². The fourth-order valence-electron chi connectivity index (χ4n) is 1.75. The highest BCUT2D eigenvalue weighted by molar-refractivity contribution is 5.80. The maximum atomic E-state index is 10.9. The van der Waals surface area contributed by atoms with Crippen LogP contribution in [0, 0.1) is 21.4 Å². The van der Waals surface area contributed by atoms with E-state index in [9.17, 15) is 14.9 Å². The molecule has 0 aliphatic heterocycles. The predicted octanol–water partition coefficient (Wildman–Crippen LogP) is 2.86. The molecule has 0 aromatic heterocycles. The molecule has 6 nitrogen and oxygen atoms in total.